The third kappa shape index (κ3) is 4.08. The van der Waals surface area contributed by atoms with Gasteiger partial charge in [-0.1, -0.05) is 78.7 Å². The molecule has 0 aromatic heterocycles. The topological polar surface area (TPSA) is 163 Å². The second-order valence-corrected chi connectivity index (χ2v) is 14.6. The predicted octanol–water partition coefficient (Wildman–Crippen LogP) is 3.10. The van der Waals surface area contributed by atoms with Gasteiger partial charge in [0.05, 0.1) is 18.1 Å². The number of aliphatic hydroxyl groups excluding tert-OH is 2. The van der Waals surface area contributed by atoms with Crippen LogP contribution in [0.15, 0.2) is 36.0 Å². The lowest BCUT2D eigenvalue weighted by Crippen LogP contribution is -2.90. The molecular weight excluding hydrogens is 580 g/mol. The zero-order valence-corrected chi connectivity index (χ0v) is 27.5. The van der Waals surface area contributed by atoms with Crippen molar-refractivity contribution in [2.45, 2.75) is 128 Å². The van der Waals surface area contributed by atoms with Crippen LogP contribution in [0.4, 0.5) is 0 Å². The Kier molecular flexibility index (Phi) is 8.39. The fourth-order valence-corrected chi connectivity index (χ4v) is 9.47. The number of fused-ring (bicyclic) bond motifs is 3. The van der Waals surface area contributed by atoms with Crippen LogP contribution in [-0.4, -0.2) is 85.5 Å². The highest BCUT2D eigenvalue weighted by Crippen LogP contribution is 2.84. The Morgan fingerprint density at radius 1 is 1.18 bits per heavy atom. The zero-order valence-electron chi connectivity index (χ0n) is 27.5. The largest absolute Gasteiger partial charge is 0.455 e. The van der Waals surface area contributed by atoms with Crippen molar-refractivity contribution in [3.05, 3.63) is 36.0 Å². The Morgan fingerprint density at radius 3 is 2.47 bits per heavy atom. The summed E-state index contributed by atoms with van der Waals surface area (Å²) in [6, 6.07) is 0. The molecule has 0 aromatic carbocycles. The second-order valence-electron chi connectivity index (χ2n) is 14.6. The van der Waals surface area contributed by atoms with E-state index in [0.717, 1.165) is 25.7 Å². The normalized spacial score (nSPS) is 44.7. The molecule has 11 unspecified atom stereocenters. The van der Waals surface area contributed by atoms with Crippen molar-refractivity contribution < 1.29 is 49.0 Å². The molecule has 1 saturated heterocycles. The molecule has 4 saturated carbocycles. The van der Waals surface area contributed by atoms with E-state index in [0.29, 0.717) is 6.42 Å². The first-order valence-electron chi connectivity index (χ1n) is 16.5. The number of unbranched alkanes of at least 4 members (excludes halogenated alkanes) is 3. The highest BCUT2D eigenvalue weighted by molar-refractivity contribution is 6.05. The van der Waals surface area contributed by atoms with E-state index >= 15 is 0 Å². The molecular formula is C35H50O10. The Bertz CT molecular complexity index is 1330. The minimum Gasteiger partial charge on any atom is -0.455 e. The number of carbonyl (C=O) groups excluding carboxylic acids is 3. The summed E-state index contributed by atoms with van der Waals surface area (Å²) < 4.78 is 18.6. The molecule has 1 heterocycles. The van der Waals surface area contributed by atoms with Gasteiger partial charge in [-0.2, -0.15) is 0 Å². The van der Waals surface area contributed by atoms with E-state index in [2.05, 4.69) is 6.92 Å². The number of hydrogen-bond acceptors (Lipinski definition) is 10. The molecule has 1 aliphatic heterocycles. The average molecular weight is 631 g/mol. The molecule has 11 atom stereocenters. The molecule has 250 valence electrons. The quantitative estimate of drug-likeness (QED) is 0.0877. The molecule has 0 aromatic rings. The molecule has 10 heteroatoms. The number of esters is 2. The maximum absolute atomic E-state index is 13.6. The molecule has 1 spiro atoms. The van der Waals surface area contributed by atoms with Crippen LogP contribution in [0.1, 0.15) is 87.0 Å². The lowest BCUT2D eigenvalue weighted by molar-refractivity contribution is -0.417. The summed E-state index contributed by atoms with van der Waals surface area (Å²) in [7, 11) is 0. The van der Waals surface area contributed by atoms with Gasteiger partial charge in [-0.15, -0.1) is 0 Å². The van der Waals surface area contributed by atoms with Crippen LogP contribution in [-0.2, 0) is 28.6 Å². The first kappa shape index (κ1) is 34.0. The average Bonchev–Trinajstić information content (AvgIpc) is 3.71. The Morgan fingerprint density at radius 2 is 1.87 bits per heavy atom. The Balaban J connectivity index is 1.61. The fourth-order valence-electron chi connectivity index (χ4n) is 9.47. The van der Waals surface area contributed by atoms with Crippen LogP contribution >= 0.6 is 0 Å². The minimum absolute atomic E-state index is 0.0399. The third-order valence-corrected chi connectivity index (χ3v) is 12.4. The molecule has 5 aliphatic carbocycles. The van der Waals surface area contributed by atoms with Gasteiger partial charge in [-0.3, -0.25) is 9.59 Å². The van der Waals surface area contributed by atoms with Gasteiger partial charge in [0.15, 0.2) is 17.0 Å². The van der Waals surface area contributed by atoms with E-state index < -0.39 is 93.6 Å². The highest BCUT2D eigenvalue weighted by atomic mass is 16.6. The summed E-state index contributed by atoms with van der Waals surface area (Å²) in [5.74, 6) is -4.74. The molecule has 6 aliphatic rings. The van der Waals surface area contributed by atoms with Crippen LogP contribution in [0.2, 0.25) is 0 Å². The van der Waals surface area contributed by atoms with Crippen LogP contribution in [0.5, 0.6) is 0 Å². The molecule has 45 heavy (non-hydrogen) atoms. The number of carbonyl (C=O) groups is 3. The summed E-state index contributed by atoms with van der Waals surface area (Å²) in [5.41, 5.74) is -10.0. The lowest BCUT2D eigenvalue weighted by atomic mass is 9.27. The molecule has 0 radical (unpaired) electrons. The third-order valence-electron chi connectivity index (χ3n) is 12.4. The number of allylic oxidation sites excluding steroid dienone is 3. The summed E-state index contributed by atoms with van der Waals surface area (Å²) >= 11 is 0. The van der Waals surface area contributed by atoms with Crippen molar-refractivity contribution in [3.63, 3.8) is 0 Å². The predicted molar refractivity (Wildman–Crippen MR) is 163 cm³/mol. The first-order valence-corrected chi connectivity index (χ1v) is 16.5. The number of ether oxygens (including phenoxy) is 3. The van der Waals surface area contributed by atoms with E-state index in [1.165, 1.54) is 19.1 Å². The van der Waals surface area contributed by atoms with E-state index in [1.54, 1.807) is 39.8 Å². The van der Waals surface area contributed by atoms with E-state index in [1.807, 2.05) is 13.0 Å². The molecule has 5 fully saturated rings. The van der Waals surface area contributed by atoms with Gasteiger partial charge in [-0.05, 0) is 31.8 Å². The SMILES string of the molecule is CCCCC/C=C/C=C/C(=O)OC1C(C)C2(O)C3C=C(C)C(=O)C3(O)C(O)C3(CO)OC3C23CC1(OC(=O)C(C)CC)C3(C)C. The van der Waals surface area contributed by atoms with E-state index in [-0.39, 0.29) is 12.0 Å². The standard InChI is InChI=1S/C35H50O10/c1-8-10-11-12-13-14-15-16-24(37)43-26-22(5)35(42)23-17-21(4)25(38)34(23,41)28(40)31(19-36)29(45-31)32(35)18-33(26,30(32,6)7)44-27(39)20(3)9-2/h13-17,20,22-23,26,28-29,36,40-42H,8-12,18-19H2,1-7H3/b14-13+,16-15+. The first-order chi connectivity index (χ1) is 21.0. The highest BCUT2D eigenvalue weighted by Gasteiger charge is 2.97. The van der Waals surface area contributed by atoms with Crippen molar-refractivity contribution in [3.8, 4) is 0 Å². The lowest BCUT2D eigenvalue weighted by Gasteiger charge is -2.79. The van der Waals surface area contributed by atoms with Gasteiger partial charge in [0.1, 0.15) is 23.9 Å². The Labute approximate surface area is 265 Å². The monoisotopic (exact) mass is 630 g/mol. The van der Waals surface area contributed by atoms with Crippen LogP contribution in [0.3, 0.4) is 0 Å². The molecule has 4 N–H and O–H groups in total. The van der Waals surface area contributed by atoms with E-state index in [4.69, 9.17) is 14.2 Å². The number of epoxide rings is 1. The van der Waals surface area contributed by atoms with Gasteiger partial charge in [0.25, 0.3) is 0 Å². The number of rotatable bonds is 11. The summed E-state index contributed by atoms with van der Waals surface area (Å²) in [6.45, 7) is 11.8. The molecule has 6 rings (SSSR count). The summed E-state index contributed by atoms with van der Waals surface area (Å²) in [5, 5.41) is 47.5. The number of ketones is 1. The van der Waals surface area contributed by atoms with E-state index in [9.17, 15) is 34.8 Å². The van der Waals surface area contributed by atoms with Crippen molar-refractivity contribution >= 4 is 17.7 Å². The molecule has 2 bridgehead atoms. The van der Waals surface area contributed by atoms with Crippen molar-refractivity contribution in [1.29, 1.82) is 0 Å². The van der Waals surface area contributed by atoms with Crippen molar-refractivity contribution in [2.75, 3.05) is 6.61 Å². The maximum atomic E-state index is 13.6. The maximum Gasteiger partial charge on any atom is 0.331 e. The van der Waals surface area contributed by atoms with Crippen molar-refractivity contribution in [2.24, 2.45) is 28.6 Å². The number of aliphatic hydroxyl groups is 4. The van der Waals surface area contributed by atoms with Crippen molar-refractivity contribution in [1.82, 2.24) is 0 Å². The molecule has 10 nitrogen and oxygen atoms in total. The summed E-state index contributed by atoms with van der Waals surface area (Å²) in [6.07, 6.45) is 8.68. The van der Waals surface area contributed by atoms with Crippen LogP contribution in [0, 0.1) is 28.6 Å². The van der Waals surface area contributed by atoms with Gasteiger partial charge in [0, 0.05) is 35.2 Å². The second kappa shape index (κ2) is 11.1. The number of hydrogen-bond donors (Lipinski definition) is 4. The van der Waals surface area contributed by atoms with Gasteiger partial charge in [-0.25, -0.2) is 4.79 Å². The van der Waals surface area contributed by atoms with Crippen LogP contribution in [0.25, 0.3) is 0 Å². The summed E-state index contributed by atoms with van der Waals surface area (Å²) in [4.78, 5) is 40.4. The minimum atomic E-state index is -2.51. The fraction of sp³-hybridized carbons (Fsp3) is 0.743. The van der Waals surface area contributed by atoms with Gasteiger partial charge >= 0.3 is 11.9 Å². The van der Waals surface area contributed by atoms with Gasteiger partial charge < -0.3 is 34.6 Å². The zero-order chi connectivity index (χ0) is 33.4. The Hall–Kier alpha value is -2.37. The molecule has 0 amide bonds. The van der Waals surface area contributed by atoms with Gasteiger partial charge in [0.2, 0.25) is 0 Å². The smallest absolute Gasteiger partial charge is 0.331 e. The number of Topliss-reactive ketones (excluding diaryl/α,β-unsaturated/α-hetero) is 1. The van der Waals surface area contributed by atoms with Crippen LogP contribution < -0.4 is 0 Å².